The standard InChI is InChI=1S/C14H22N4O2/c1-10-7-13(19-2)17-14(16-10)18-5-6-20-9-12(18)8-15-11-3-4-11/h7,11-12,15H,3-6,8-9H2,1-2H3. The van der Waals surface area contributed by atoms with Crippen molar-refractivity contribution in [1.82, 2.24) is 15.3 Å². The van der Waals surface area contributed by atoms with Crippen LogP contribution in [0.4, 0.5) is 5.95 Å². The summed E-state index contributed by atoms with van der Waals surface area (Å²) in [5.41, 5.74) is 0.923. The van der Waals surface area contributed by atoms with Crippen LogP contribution in [0.1, 0.15) is 18.5 Å². The number of ether oxygens (including phenoxy) is 2. The molecule has 1 atom stereocenters. The van der Waals surface area contributed by atoms with E-state index < -0.39 is 0 Å². The zero-order valence-electron chi connectivity index (χ0n) is 12.1. The van der Waals surface area contributed by atoms with Gasteiger partial charge in [-0.25, -0.2) is 4.98 Å². The Bertz CT molecular complexity index is 464. The molecule has 0 spiro atoms. The predicted molar refractivity (Wildman–Crippen MR) is 76.3 cm³/mol. The van der Waals surface area contributed by atoms with Crippen LogP contribution >= 0.6 is 0 Å². The maximum absolute atomic E-state index is 5.60. The van der Waals surface area contributed by atoms with Gasteiger partial charge in [-0.15, -0.1) is 0 Å². The first kappa shape index (κ1) is 13.6. The van der Waals surface area contributed by atoms with Crippen LogP contribution in [0.25, 0.3) is 0 Å². The quantitative estimate of drug-likeness (QED) is 0.858. The first-order valence-corrected chi connectivity index (χ1v) is 7.23. The minimum absolute atomic E-state index is 0.288. The third-order valence-electron chi connectivity index (χ3n) is 3.73. The maximum Gasteiger partial charge on any atom is 0.229 e. The highest BCUT2D eigenvalue weighted by atomic mass is 16.5. The largest absolute Gasteiger partial charge is 0.481 e. The molecule has 2 fully saturated rings. The second kappa shape index (κ2) is 5.93. The average Bonchev–Trinajstić information content (AvgIpc) is 3.29. The van der Waals surface area contributed by atoms with E-state index in [4.69, 9.17) is 9.47 Å². The van der Waals surface area contributed by atoms with E-state index in [0.717, 1.165) is 37.9 Å². The van der Waals surface area contributed by atoms with Gasteiger partial charge in [0.25, 0.3) is 0 Å². The lowest BCUT2D eigenvalue weighted by Crippen LogP contribution is -2.51. The summed E-state index contributed by atoms with van der Waals surface area (Å²) in [6, 6.07) is 2.84. The number of aromatic nitrogens is 2. The average molecular weight is 278 g/mol. The second-order valence-corrected chi connectivity index (χ2v) is 5.46. The number of methoxy groups -OCH3 is 1. The topological polar surface area (TPSA) is 59.5 Å². The number of nitrogens with one attached hydrogen (secondary N) is 1. The SMILES string of the molecule is COc1cc(C)nc(N2CCOCC2CNC2CC2)n1. The molecule has 6 nitrogen and oxygen atoms in total. The van der Waals surface area contributed by atoms with Crippen molar-refractivity contribution in [2.24, 2.45) is 0 Å². The van der Waals surface area contributed by atoms with E-state index in [-0.39, 0.29) is 6.04 Å². The Labute approximate surface area is 119 Å². The lowest BCUT2D eigenvalue weighted by Gasteiger charge is -2.36. The molecular formula is C14H22N4O2. The Morgan fingerprint density at radius 1 is 1.45 bits per heavy atom. The van der Waals surface area contributed by atoms with Crippen LogP contribution in [0.2, 0.25) is 0 Å². The van der Waals surface area contributed by atoms with E-state index >= 15 is 0 Å². The fraction of sp³-hybridized carbons (Fsp3) is 0.714. The molecule has 20 heavy (non-hydrogen) atoms. The highest BCUT2D eigenvalue weighted by Crippen LogP contribution is 2.21. The molecule has 0 amide bonds. The number of hydrogen-bond acceptors (Lipinski definition) is 6. The molecule has 1 aliphatic heterocycles. The Hall–Kier alpha value is -1.40. The summed E-state index contributed by atoms with van der Waals surface area (Å²) < 4.78 is 10.9. The van der Waals surface area contributed by atoms with Crippen molar-refractivity contribution in [2.75, 3.05) is 38.3 Å². The van der Waals surface area contributed by atoms with Gasteiger partial charge in [-0.1, -0.05) is 0 Å². The van der Waals surface area contributed by atoms with Gasteiger partial charge in [-0.05, 0) is 19.8 Å². The van der Waals surface area contributed by atoms with Crippen molar-refractivity contribution in [2.45, 2.75) is 31.8 Å². The summed E-state index contributed by atoms with van der Waals surface area (Å²) in [5, 5.41) is 3.56. The fourth-order valence-corrected chi connectivity index (χ4v) is 2.43. The molecule has 0 bridgehead atoms. The van der Waals surface area contributed by atoms with Crippen LogP contribution in [0.3, 0.4) is 0 Å². The molecule has 3 rings (SSSR count). The first-order chi connectivity index (χ1) is 9.76. The molecule has 2 aliphatic rings. The van der Waals surface area contributed by atoms with Gasteiger partial charge in [0.15, 0.2) is 0 Å². The summed E-state index contributed by atoms with van der Waals surface area (Å²) in [5.74, 6) is 1.36. The molecule has 1 saturated heterocycles. The van der Waals surface area contributed by atoms with Gasteiger partial charge in [0.05, 0.1) is 26.4 Å². The third kappa shape index (κ3) is 3.19. The molecule has 6 heteroatoms. The summed E-state index contributed by atoms with van der Waals surface area (Å²) in [7, 11) is 1.64. The van der Waals surface area contributed by atoms with Gasteiger partial charge < -0.3 is 19.7 Å². The molecule has 1 aliphatic carbocycles. The third-order valence-corrected chi connectivity index (χ3v) is 3.73. The van der Waals surface area contributed by atoms with Crippen molar-refractivity contribution in [3.8, 4) is 5.88 Å². The molecule has 2 heterocycles. The normalized spacial score (nSPS) is 22.9. The van der Waals surface area contributed by atoms with Crippen molar-refractivity contribution >= 4 is 5.95 Å². The van der Waals surface area contributed by atoms with Gasteiger partial charge in [0.2, 0.25) is 11.8 Å². The predicted octanol–water partition coefficient (Wildman–Crippen LogP) is 0.751. The van der Waals surface area contributed by atoms with Crippen molar-refractivity contribution < 1.29 is 9.47 Å². The molecule has 110 valence electrons. The molecule has 0 radical (unpaired) electrons. The lowest BCUT2D eigenvalue weighted by atomic mass is 10.2. The minimum atomic E-state index is 0.288. The van der Waals surface area contributed by atoms with Gasteiger partial charge in [0.1, 0.15) is 0 Å². The first-order valence-electron chi connectivity index (χ1n) is 7.23. The monoisotopic (exact) mass is 278 g/mol. The number of aryl methyl sites for hydroxylation is 1. The molecular weight excluding hydrogens is 256 g/mol. The zero-order valence-corrected chi connectivity index (χ0v) is 12.1. The van der Waals surface area contributed by atoms with E-state index in [1.54, 1.807) is 7.11 Å². The van der Waals surface area contributed by atoms with Crippen LogP contribution in [-0.2, 0) is 4.74 Å². The Morgan fingerprint density at radius 2 is 2.30 bits per heavy atom. The van der Waals surface area contributed by atoms with Crippen LogP contribution < -0.4 is 15.0 Å². The van der Waals surface area contributed by atoms with E-state index in [9.17, 15) is 0 Å². The molecule has 1 aromatic heterocycles. The summed E-state index contributed by atoms with van der Waals surface area (Å²) >= 11 is 0. The number of nitrogens with zero attached hydrogens (tertiary/aromatic N) is 3. The Balaban J connectivity index is 1.75. The highest BCUT2D eigenvalue weighted by Gasteiger charge is 2.28. The van der Waals surface area contributed by atoms with Crippen LogP contribution in [-0.4, -0.2) is 55.5 Å². The molecule has 1 saturated carbocycles. The highest BCUT2D eigenvalue weighted by molar-refractivity contribution is 5.36. The Morgan fingerprint density at radius 3 is 3.05 bits per heavy atom. The number of rotatable bonds is 5. The smallest absolute Gasteiger partial charge is 0.229 e. The van der Waals surface area contributed by atoms with Gasteiger partial charge in [0, 0.05) is 30.9 Å². The van der Waals surface area contributed by atoms with Crippen LogP contribution in [0.15, 0.2) is 6.07 Å². The van der Waals surface area contributed by atoms with E-state index in [1.807, 2.05) is 13.0 Å². The molecule has 1 N–H and O–H groups in total. The molecule has 1 aromatic rings. The number of anilines is 1. The second-order valence-electron chi connectivity index (χ2n) is 5.46. The Kier molecular flexibility index (Phi) is 4.03. The van der Waals surface area contributed by atoms with Gasteiger partial charge in [-0.3, -0.25) is 0 Å². The lowest BCUT2D eigenvalue weighted by molar-refractivity contribution is 0.0927. The van der Waals surface area contributed by atoms with Crippen LogP contribution in [0, 0.1) is 6.92 Å². The van der Waals surface area contributed by atoms with Gasteiger partial charge in [-0.2, -0.15) is 4.98 Å². The van der Waals surface area contributed by atoms with Crippen molar-refractivity contribution in [3.63, 3.8) is 0 Å². The van der Waals surface area contributed by atoms with Gasteiger partial charge >= 0.3 is 0 Å². The fourth-order valence-electron chi connectivity index (χ4n) is 2.43. The summed E-state index contributed by atoms with van der Waals surface area (Å²) in [4.78, 5) is 11.3. The molecule has 1 unspecified atom stereocenters. The number of hydrogen-bond donors (Lipinski definition) is 1. The number of morpholine rings is 1. The summed E-state index contributed by atoms with van der Waals surface area (Å²) in [6.45, 7) is 5.15. The van der Waals surface area contributed by atoms with E-state index in [1.165, 1.54) is 12.8 Å². The maximum atomic E-state index is 5.60. The van der Waals surface area contributed by atoms with Crippen LogP contribution in [0.5, 0.6) is 5.88 Å². The zero-order chi connectivity index (χ0) is 13.9. The summed E-state index contributed by atoms with van der Waals surface area (Å²) in [6.07, 6.45) is 2.59. The van der Waals surface area contributed by atoms with Crippen molar-refractivity contribution in [3.05, 3.63) is 11.8 Å². The van der Waals surface area contributed by atoms with Crippen molar-refractivity contribution in [1.29, 1.82) is 0 Å². The minimum Gasteiger partial charge on any atom is -0.481 e. The van der Waals surface area contributed by atoms with E-state index in [2.05, 4.69) is 20.2 Å². The molecule has 0 aromatic carbocycles. The van der Waals surface area contributed by atoms with E-state index in [0.29, 0.717) is 11.9 Å².